The van der Waals surface area contributed by atoms with Crippen molar-refractivity contribution in [1.29, 1.82) is 5.26 Å². The van der Waals surface area contributed by atoms with Gasteiger partial charge in [0.15, 0.2) is 5.78 Å². The average Bonchev–Trinajstić information content (AvgIpc) is 3.01. The lowest BCUT2D eigenvalue weighted by Gasteiger charge is -2.18. The van der Waals surface area contributed by atoms with Crippen LogP contribution in [-0.4, -0.2) is 16.9 Å². The molecule has 126 valence electrons. The third-order valence-electron chi connectivity index (χ3n) is 5.17. The fourth-order valence-electron chi connectivity index (χ4n) is 4.10. The van der Waals surface area contributed by atoms with Gasteiger partial charge in [-0.3, -0.25) is 4.79 Å². The highest BCUT2D eigenvalue weighted by Gasteiger charge is 2.63. The molecule has 2 aromatic rings. The maximum absolute atomic E-state index is 12.9. The molecular weight excluding hydrogens is 329 g/mol. The van der Waals surface area contributed by atoms with Gasteiger partial charge in [0, 0.05) is 29.0 Å². The van der Waals surface area contributed by atoms with Crippen molar-refractivity contribution < 1.29 is 18.0 Å². The molecule has 0 amide bonds. The number of carbonyl (C=O) groups excluding carboxylic acids is 1. The number of carbonyl (C=O) groups is 1. The van der Waals surface area contributed by atoms with Gasteiger partial charge in [-0.25, -0.2) is 4.98 Å². The van der Waals surface area contributed by atoms with Crippen LogP contribution in [0.1, 0.15) is 30.5 Å². The fourth-order valence-corrected chi connectivity index (χ4v) is 4.10. The summed E-state index contributed by atoms with van der Waals surface area (Å²) in [4.78, 5) is 15.9. The number of nitriles is 1. The molecule has 25 heavy (non-hydrogen) atoms. The van der Waals surface area contributed by atoms with Crippen LogP contribution in [0, 0.1) is 16.7 Å². The zero-order valence-corrected chi connectivity index (χ0v) is 13.2. The Morgan fingerprint density at radius 1 is 1.28 bits per heavy atom. The van der Waals surface area contributed by atoms with E-state index in [1.54, 1.807) is 18.2 Å². The van der Waals surface area contributed by atoms with Gasteiger partial charge in [0.05, 0.1) is 6.42 Å². The Balaban J connectivity index is 1.66. The number of fused-ring (bicyclic) bond motifs is 2. The van der Waals surface area contributed by atoms with Crippen molar-refractivity contribution in [3.8, 4) is 6.07 Å². The molecule has 0 aliphatic heterocycles. The molecule has 1 aromatic heterocycles. The third kappa shape index (κ3) is 2.51. The van der Waals surface area contributed by atoms with Crippen molar-refractivity contribution >= 4 is 16.6 Å². The van der Waals surface area contributed by atoms with E-state index in [0.717, 1.165) is 10.9 Å². The van der Waals surface area contributed by atoms with Gasteiger partial charge in [-0.2, -0.15) is 18.4 Å². The number of Topliss-reactive ketones (excluding diaryl/α,β-unsaturated/α-hetero) is 1. The Morgan fingerprint density at radius 3 is 2.80 bits per heavy atom. The van der Waals surface area contributed by atoms with Gasteiger partial charge in [0.1, 0.15) is 11.8 Å². The summed E-state index contributed by atoms with van der Waals surface area (Å²) in [5.74, 6) is -0.143. The smallest absolute Gasteiger partial charge is 0.295 e. The Labute approximate surface area is 141 Å². The number of rotatable bonds is 3. The molecule has 0 spiro atoms. The molecule has 0 saturated heterocycles. The maximum Gasteiger partial charge on any atom is 0.390 e. The molecule has 1 aromatic carbocycles. The van der Waals surface area contributed by atoms with Crippen LogP contribution in [0.25, 0.3) is 10.8 Å². The van der Waals surface area contributed by atoms with E-state index in [2.05, 4.69) is 4.98 Å². The fraction of sp³-hybridized carbons (Fsp3) is 0.316. The van der Waals surface area contributed by atoms with Gasteiger partial charge in [0.2, 0.25) is 0 Å². The second-order valence-electron chi connectivity index (χ2n) is 6.65. The molecule has 2 aliphatic carbocycles. The van der Waals surface area contributed by atoms with Gasteiger partial charge in [-0.15, -0.1) is 0 Å². The molecule has 1 fully saturated rings. The summed E-state index contributed by atoms with van der Waals surface area (Å²) in [6.45, 7) is 0. The number of pyridine rings is 1. The third-order valence-corrected chi connectivity index (χ3v) is 5.17. The lowest BCUT2D eigenvalue weighted by Crippen LogP contribution is -2.18. The standard InChI is InChI=1S/C19H13F3N2O/c20-19(21,22)10-18-5-3-16(25)17(18)14(18)8-11-1-2-13-12(7-11)4-6-24-15(13)9-23/h1-2,4,6-7H,3,5,8,10H2. The first-order chi connectivity index (χ1) is 11.8. The molecule has 0 N–H and O–H groups in total. The van der Waals surface area contributed by atoms with Gasteiger partial charge in [0.25, 0.3) is 0 Å². The van der Waals surface area contributed by atoms with Crippen LogP contribution in [0.2, 0.25) is 0 Å². The van der Waals surface area contributed by atoms with Gasteiger partial charge < -0.3 is 0 Å². The van der Waals surface area contributed by atoms with E-state index in [1.807, 2.05) is 12.1 Å². The number of hydrogen-bond acceptors (Lipinski definition) is 3. The molecule has 1 heterocycles. The largest absolute Gasteiger partial charge is 0.390 e. The van der Waals surface area contributed by atoms with Crippen LogP contribution in [0.3, 0.4) is 0 Å². The summed E-state index contributed by atoms with van der Waals surface area (Å²) in [6.07, 6.45) is -2.86. The van der Waals surface area contributed by atoms with E-state index >= 15 is 0 Å². The Morgan fingerprint density at radius 2 is 2.08 bits per heavy atom. The van der Waals surface area contributed by atoms with E-state index in [0.29, 0.717) is 28.6 Å². The summed E-state index contributed by atoms with van der Waals surface area (Å²) < 4.78 is 38.8. The molecule has 2 aliphatic rings. The summed E-state index contributed by atoms with van der Waals surface area (Å²) in [6, 6.07) is 9.19. The normalized spacial score (nSPS) is 22.2. The zero-order valence-electron chi connectivity index (χ0n) is 13.2. The van der Waals surface area contributed by atoms with Gasteiger partial charge in [-0.1, -0.05) is 18.2 Å². The predicted molar refractivity (Wildman–Crippen MR) is 84.5 cm³/mol. The number of halogens is 3. The minimum atomic E-state index is -4.28. The van der Waals surface area contributed by atoms with E-state index in [4.69, 9.17) is 5.26 Å². The highest BCUT2D eigenvalue weighted by atomic mass is 19.4. The monoisotopic (exact) mass is 342 g/mol. The quantitative estimate of drug-likeness (QED) is 0.837. The van der Waals surface area contributed by atoms with Crippen molar-refractivity contribution in [2.45, 2.75) is 31.9 Å². The summed E-state index contributed by atoms with van der Waals surface area (Å²) >= 11 is 0. The summed E-state index contributed by atoms with van der Waals surface area (Å²) in [5, 5.41) is 10.6. The molecule has 1 saturated carbocycles. The van der Waals surface area contributed by atoms with E-state index < -0.39 is 18.0 Å². The molecule has 0 bridgehead atoms. The second-order valence-corrected chi connectivity index (χ2v) is 6.65. The Bertz CT molecular complexity index is 984. The Hall–Kier alpha value is -2.68. The van der Waals surface area contributed by atoms with Crippen LogP contribution >= 0.6 is 0 Å². The lowest BCUT2D eigenvalue weighted by atomic mass is 9.89. The molecule has 4 rings (SSSR count). The molecule has 0 radical (unpaired) electrons. The van der Waals surface area contributed by atoms with Crippen LogP contribution in [0.15, 0.2) is 41.6 Å². The summed E-state index contributed by atoms with van der Waals surface area (Å²) in [7, 11) is 0. The first-order valence-electron chi connectivity index (χ1n) is 7.96. The minimum absolute atomic E-state index is 0.143. The SMILES string of the molecule is N#Cc1nccc2cc(CC3=C4C(=O)CCC34CC(F)(F)F)ccc12. The molecular formula is C19H13F3N2O. The number of allylic oxidation sites excluding steroid dienone is 2. The van der Waals surface area contributed by atoms with E-state index in [9.17, 15) is 18.0 Å². The number of nitrogens with zero attached hydrogens (tertiary/aromatic N) is 2. The van der Waals surface area contributed by atoms with Crippen molar-refractivity contribution in [3.63, 3.8) is 0 Å². The molecule has 3 nitrogen and oxygen atoms in total. The lowest BCUT2D eigenvalue weighted by molar-refractivity contribution is -0.146. The van der Waals surface area contributed by atoms with Crippen LogP contribution in [0.5, 0.6) is 0 Å². The van der Waals surface area contributed by atoms with E-state index in [-0.39, 0.29) is 18.6 Å². The molecule has 1 atom stereocenters. The minimum Gasteiger partial charge on any atom is -0.295 e. The number of alkyl halides is 3. The zero-order chi connectivity index (χ0) is 17.8. The van der Waals surface area contributed by atoms with Crippen LogP contribution < -0.4 is 0 Å². The molecule has 6 heteroatoms. The van der Waals surface area contributed by atoms with Crippen molar-refractivity contribution in [2.75, 3.05) is 0 Å². The van der Waals surface area contributed by atoms with Crippen LogP contribution in [0.4, 0.5) is 13.2 Å². The second kappa shape index (κ2) is 5.16. The van der Waals surface area contributed by atoms with Crippen molar-refractivity contribution in [1.82, 2.24) is 4.98 Å². The Kier molecular flexibility index (Phi) is 3.26. The van der Waals surface area contributed by atoms with Crippen molar-refractivity contribution in [3.05, 3.63) is 52.9 Å². The number of hydrogen-bond donors (Lipinski definition) is 0. The van der Waals surface area contributed by atoms with Crippen LogP contribution in [-0.2, 0) is 11.2 Å². The predicted octanol–water partition coefficient (Wildman–Crippen LogP) is 4.26. The van der Waals surface area contributed by atoms with Gasteiger partial charge >= 0.3 is 6.18 Å². The highest BCUT2D eigenvalue weighted by molar-refractivity contribution is 6.07. The number of aromatic nitrogens is 1. The first-order valence-corrected chi connectivity index (χ1v) is 7.96. The maximum atomic E-state index is 12.9. The van der Waals surface area contributed by atoms with Crippen molar-refractivity contribution in [2.24, 2.45) is 5.41 Å². The van der Waals surface area contributed by atoms with Gasteiger partial charge in [-0.05, 0) is 35.4 Å². The number of benzene rings is 1. The van der Waals surface area contributed by atoms with E-state index in [1.165, 1.54) is 6.20 Å². The number of ketones is 1. The molecule has 1 unspecified atom stereocenters. The topological polar surface area (TPSA) is 53.8 Å². The first kappa shape index (κ1) is 15.8. The summed E-state index contributed by atoms with van der Waals surface area (Å²) in [5.41, 5.74) is 1.14. The average molecular weight is 342 g/mol. The highest BCUT2D eigenvalue weighted by Crippen LogP contribution is 2.66.